The molecule has 0 radical (unpaired) electrons. The number of nitrogens with one attached hydrogen (secondary N) is 1. The molecule has 4 rings (SSSR count). The molecule has 0 atom stereocenters. The van der Waals surface area contributed by atoms with E-state index in [1.165, 1.54) is 21.7 Å². The Bertz CT molecular complexity index is 1140. The number of aliphatic hydroxyl groups is 1. The van der Waals surface area contributed by atoms with Crippen LogP contribution in [0.1, 0.15) is 46.2 Å². The van der Waals surface area contributed by atoms with Gasteiger partial charge in [-0.1, -0.05) is 6.07 Å². The maximum absolute atomic E-state index is 13.8. The predicted molar refractivity (Wildman–Crippen MR) is 105 cm³/mol. The van der Waals surface area contributed by atoms with Gasteiger partial charge < -0.3 is 25.0 Å². The largest absolute Gasteiger partial charge is 0.503 e. The highest BCUT2D eigenvalue weighted by Gasteiger charge is 2.52. The van der Waals surface area contributed by atoms with Crippen molar-refractivity contribution in [2.75, 3.05) is 13.1 Å². The van der Waals surface area contributed by atoms with Crippen molar-refractivity contribution in [1.29, 1.82) is 0 Å². The van der Waals surface area contributed by atoms with E-state index in [0.717, 1.165) is 6.07 Å². The molecule has 2 aromatic rings. The van der Waals surface area contributed by atoms with Gasteiger partial charge in [-0.15, -0.1) is 0 Å². The minimum atomic E-state index is -1.02. The van der Waals surface area contributed by atoms with Crippen molar-refractivity contribution in [3.05, 3.63) is 63.1 Å². The third kappa shape index (κ3) is 3.36. The summed E-state index contributed by atoms with van der Waals surface area (Å²) in [6.45, 7) is 2.09. The molecule has 2 aliphatic rings. The van der Waals surface area contributed by atoms with Crippen LogP contribution in [0, 0.1) is 11.6 Å². The zero-order valence-electron chi connectivity index (χ0n) is 16.7. The van der Waals surface area contributed by atoms with Crippen LogP contribution in [0.4, 0.5) is 8.78 Å². The summed E-state index contributed by atoms with van der Waals surface area (Å²) < 4.78 is 28.3. The monoisotopic (exact) mass is 433 g/mol. The number of hydrogen-bond donors (Lipinski definition) is 3. The lowest BCUT2D eigenvalue weighted by atomic mass is 9.72. The lowest BCUT2D eigenvalue weighted by molar-refractivity contribution is -0.0481. The number of benzene rings is 1. The number of aliphatic hydroxyl groups excluding tert-OH is 1. The molecule has 164 valence electrons. The van der Waals surface area contributed by atoms with Gasteiger partial charge in [0, 0.05) is 37.5 Å². The standard InChI is InChI=1S/C21H21F2N3O5/c1-2-25-10-21(6-13(27)7-21)26-9-14(17(28)18(29)16(26)20(25)31)19(30)24-8-11-3-4-12(22)5-15(11)23/h3-5,9,13,27,29H,2,6-8,10H2,1H3,(H,24,30). The van der Waals surface area contributed by atoms with E-state index in [1.54, 1.807) is 6.92 Å². The first-order valence-electron chi connectivity index (χ1n) is 9.85. The van der Waals surface area contributed by atoms with Crippen LogP contribution in [0.15, 0.2) is 29.2 Å². The molecule has 1 aliphatic carbocycles. The summed E-state index contributed by atoms with van der Waals surface area (Å²) in [5.74, 6) is -3.86. The first kappa shape index (κ1) is 21.0. The number of carbonyl (C=O) groups is 2. The number of aromatic nitrogens is 1. The van der Waals surface area contributed by atoms with Crippen molar-refractivity contribution in [2.24, 2.45) is 0 Å². The van der Waals surface area contributed by atoms with E-state index in [1.807, 2.05) is 0 Å². The average Bonchev–Trinajstić information content (AvgIpc) is 2.70. The summed E-state index contributed by atoms with van der Waals surface area (Å²) in [5, 5.41) is 22.8. The summed E-state index contributed by atoms with van der Waals surface area (Å²) >= 11 is 0. The molecule has 10 heteroatoms. The van der Waals surface area contributed by atoms with Crippen molar-refractivity contribution < 1.29 is 28.6 Å². The van der Waals surface area contributed by atoms with Gasteiger partial charge in [0.15, 0.2) is 11.4 Å². The molecule has 0 bridgehead atoms. The van der Waals surface area contributed by atoms with Crippen LogP contribution in [0.25, 0.3) is 0 Å². The normalized spacial score (nSPS) is 22.3. The van der Waals surface area contributed by atoms with Crippen molar-refractivity contribution in [1.82, 2.24) is 14.8 Å². The maximum atomic E-state index is 13.8. The van der Waals surface area contributed by atoms with Crippen LogP contribution in [0.5, 0.6) is 5.75 Å². The van der Waals surface area contributed by atoms with Crippen molar-refractivity contribution in [3.8, 4) is 5.75 Å². The Labute approximate surface area is 175 Å². The number of aromatic hydroxyl groups is 1. The Morgan fingerprint density at radius 2 is 2.00 bits per heavy atom. The minimum absolute atomic E-state index is 0.0179. The number of nitrogens with zero attached hydrogens (tertiary/aromatic N) is 2. The molecule has 2 heterocycles. The molecule has 1 aromatic heterocycles. The van der Waals surface area contributed by atoms with Crippen LogP contribution in [0.3, 0.4) is 0 Å². The van der Waals surface area contributed by atoms with Gasteiger partial charge in [-0.25, -0.2) is 8.78 Å². The van der Waals surface area contributed by atoms with E-state index in [2.05, 4.69) is 5.32 Å². The molecule has 0 unspecified atom stereocenters. The maximum Gasteiger partial charge on any atom is 0.274 e. The van der Waals surface area contributed by atoms with E-state index in [0.29, 0.717) is 25.5 Å². The highest BCUT2D eigenvalue weighted by Crippen LogP contribution is 2.44. The second-order valence-electron chi connectivity index (χ2n) is 7.96. The second-order valence-corrected chi connectivity index (χ2v) is 7.96. The van der Waals surface area contributed by atoms with E-state index < -0.39 is 51.8 Å². The third-order valence-electron chi connectivity index (χ3n) is 5.98. The van der Waals surface area contributed by atoms with Crippen LogP contribution in [-0.2, 0) is 12.1 Å². The molecular formula is C21H21F2N3O5. The Morgan fingerprint density at radius 3 is 2.61 bits per heavy atom. The van der Waals surface area contributed by atoms with Gasteiger partial charge in [0.25, 0.3) is 11.8 Å². The Balaban J connectivity index is 1.70. The van der Waals surface area contributed by atoms with Gasteiger partial charge in [0.05, 0.1) is 11.6 Å². The fourth-order valence-corrected chi connectivity index (χ4v) is 4.33. The van der Waals surface area contributed by atoms with Gasteiger partial charge in [0.1, 0.15) is 17.2 Å². The summed E-state index contributed by atoms with van der Waals surface area (Å²) in [7, 11) is 0. The number of likely N-dealkylation sites (N-methyl/N-ethyl adjacent to an activating group) is 1. The molecule has 1 fully saturated rings. The molecule has 2 amide bonds. The summed E-state index contributed by atoms with van der Waals surface area (Å²) in [4.78, 5) is 39.6. The third-order valence-corrected chi connectivity index (χ3v) is 5.98. The van der Waals surface area contributed by atoms with Gasteiger partial charge in [-0.2, -0.15) is 0 Å². The van der Waals surface area contributed by atoms with Crippen LogP contribution in [-0.4, -0.2) is 50.7 Å². The lowest BCUT2D eigenvalue weighted by Gasteiger charge is -2.53. The number of halogens is 2. The van der Waals surface area contributed by atoms with E-state index in [-0.39, 0.29) is 24.3 Å². The zero-order chi connectivity index (χ0) is 22.5. The van der Waals surface area contributed by atoms with E-state index in [9.17, 15) is 33.4 Å². The summed E-state index contributed by atoms with van der Waals surface area (Å²) in [5.41, 5.74) is -2.37. The number of fused-ring (bicyclic) bond motifs is 2. The highest BCUT2D eigenvalue weighted by molar-refractivity contribution is 5.99. The number of pyridine rings is 1. The van der Waals surface area contributed by atoms with Gasteiger partial charge in [-0.05, 0) is 25.8 Å². The summed E-state index contributed by atoms with van der Waals surface area (Å²) in [6, 6.07) is 2.89. The molecule has 1 spiro atoms. The Hall–Kier alpha value is -3.27. The van der Waals surface area contributed by atoms with E-state index in [4.69, 9.17) is 0 Å². The number of carbonyl (C=O) groups excluding carboxylic acids is 2. The van der Waals surface area contributed by atoms with Crippen molar-refractivity contribution >= 4 is 11.8 Å². The quantitative estimate of drug-likeness (QED) is 0.668. The smallest absolute Gasteiger partial charge is 0.274 e. The molecule has 8 nitrogen and oxygen atoms in total. The van der Waals surface area contributed by atoms with Crippen LogP contribution in [0.2, 0.25) is 0 Å². The highest BCUT2D eigenvalue weighted by atomic mass is 19.1. The molecule has 0 saturated heterocycles. The van der Waals surface area contributed by atoms with Gasteiger partial charge in [0.2, 0.25) is 5.43 Å². The second kappa shape index (κ2) is 7.45. The minimum Gasteiger partial charge on any atom is -0.503 e. The lowest BCUT2D eigenvalue weighted by Crippen LogP contribution is -2.61. The Morgan fingerprint density at radius 1 is 1.29 bits per heavy atom. The Kier molecular flexibility index (Phi) is 5.04. The zero-order valence-corrected chi connectivity index (χ0v) is 16.7. The first-order valence-corrected chi connectivity index (χ1v) is 9.85. The van der Waals surface area contributed by atoms with Crippen molar-refractivity contribution in [3.63, 3.8) is 0 Å². The molecule has 3 N–H and O–H groups in total. The van der Waals surface area contributed by atoms with Gasteiger partial charge >= 0.3 is 0 Å². The first-order chi connectivity index (χ1) is 14.7. The topological polar surface area (TPSA) is 112 Å². The fourth-order valence-electron chi connectivity index (χ4n) is 4.33. The molecule has 1 aliphatic heterocycles. The van der Waals surface area contributed by atoms with Crippen LogP contribution < -0.4 is 10.7 Å². The molecule has 1 aromatic carbocycles. The van der Waals surface area contributed by atoms with Crippen molar-refractivity contribution in [2.45, 2.75) is 38.0 Å². The molecular weight excluding hydrogens is 412 g/mol. The molecule has 1 saturated carbocycles. The predicted octanol–water partition coefficient (Wildman–Crippen LogP) is 1.09. The number of hydrogen-bond acceptors (Lipinski definition) is 5. The van der Waals surface area contributed by atoms with Crippen LogP contribution >= 0.6 is 0 Å². The van der Waals surface area contributed by atoms with E-state index >= 15 is 0 Å². The SMILES string of the molecule is CCN1CC2(CC(O)C2)n2cc(C(=O)NCc3ccc(F)cc3F)c(=O)c(O)c2C1=O. The average molecular weight is 433 g/mol. The number of rotatable bonds is 4. The molecule has 31 heavy (non-hydrogen) atoms. The summed E-state index contributed by atoms with van der Waals surface area (Å²) in [6.07, 6.45) is 1.21. The fraction of sp³-hybridized carbons (Fsp3) is 0.381. The number of amides is 2. The van der Waals surface area contributed by atoms with Gasteiger partial charge in [-0.3, -0.25) is 14.4 Å².